The molecule has 6 nitrogen and oxygen atoms in total. The molecule has 2 aromatic heterocycles. The Morgan fingerprint density at radius 1 is 0.967 bits per heavy atom. The molecule has 1 fully saturated rings. The maximum Gasteiger partial charge on any atom is 0.244 e. The van der Waals surface area contributed by atoms with E-state index in [1.54, 1.807) is 4.31 Å². The highest BCUT2D eigenvalue weighted by Gasteiger charge is 2.34. The van der Waals surface area contributed by atoms with Gasteiger partial charge in [0.15, 0.2) is 0 Å². The van der Waals surface area contributed by atoms with E-state index in [9.17, 15) is 8.42 Å². The lowest BCUT2D eigenvalue weighted by molar-refractivity contribution is 0.385. The van der Waals surface area contributed by atoms with Crippen LogP contribution in [-0.4, -0.2) is 49.1 Å². The van der Waals surface area contributed by atoms with Crippen molar-refractivity contribution in [3.63, 3.8) is 0 Å². The van der Waals surface area contributed by atoms with Gasteiger partial charge in [-0.25, -0.2) is 8.42 Å². The van der Waals surface area contributed by atoms with E-state index in [1.807, 2.05) is 26.8 Å². The Labute approximate surface area is 182 Å². The number of benzene rings is 1. The number of aromatic nitrogens is 2. The van der Waals surface area contributed by atoms with Gasteiger partial charge >= 0.3 is 0 Å². The summed E-state index contributed by atoms with van der Waals surface area (Å²) in [5, 5.41) is 7.27. The van der Waals surface area contributed by atoms with Crippen LogP contribution < -0.4 is 4.90 Å². The van der Waals surface area contributed by atoms with Gasteiger partial charge in [-0.3, -0.25) is 5.10 Å². The van der Waals surface area contributed by atoms with Crippen molar-refractivity contribution in [2.75, 3.05) is 31.1 Å². The van der Waals surface area contributed by atoms with Crippen LogP contribution in [0.4, 0.5) is 5.69 Å². The van der Waals surface area contributed by atoms with Crippen molar-refractivity contribution < 1.29 is 8.42 Å². The minimum absolute atomic E-state index is 0.414. The standard InChI is InChI=1S/C22H28N4O2S2/c1-14-6-7-15(2)20(12-14)25-8-10-26(11-9-25)30(27,28)22-18(5)29-17(4)21(22)19-13-16(3)23-24-19/h6-7,12-13H,8-11H2,1-5H3,(H,23,24). The topological polar surface area (TPSA) is 69.3 Å². The molecule has 0 saturated carbocycles. The molecular weight excluding hydrogens is 416 g/mol. The fraction of sp³-hybridized carbons (Fsp3) is 0.409. The molecule has 160 valence electrons. The molecule has 0 amide bonds. The molecule has 0 atom stereocenters. The van der Waals surface area contributed by atoms with Gasteiger partial charge in [-0.05, 0) is 57.9 Å². The summed E-state index contributed by atoms with van der Waals surface area (Å²) in [7, 11) is -3.60. The second-order valence-electron chi connectivity index (χ2n) is 8.04. The SMILES string of the molecule is Cc1ccc(C)c(N2CCN(S(=O)(=O)c3c(C)sc(C)c3-c3cc(C)[nH]n3)CC2)c1. The van der Waals surface area contributed by atoms with Gasteiger partial charge in [0.05, 0.1) is 5.69 Å². The average molecular weight is 445 g/mol. The van der Waals surface area contributed by atoms with E-state index in [2.05, 4.69) is 47.1 Å². The summed E-state index contributed by atoms with van der Waals surface area (Å²) in [4.78, 5) is 4.50. The van der Waals surface area contributed by atoms with Gasteiger partial charge in [-0.15, -0.1) is 11.3 Å². The Balaban J connectivity index is 1.63. The summed E-state index contributed by atoms with van der Waals surface area (Å²) in [5.41, 5.74) is 5.98. The number of thiophene rings is 1. The Morgan fingerprint density at radius 3 is 2.30 bits per heavy atom. The molecule has 1 saturated heterocycles. The van der Waals surface area contributed by atoms with Crippen LogP contribution >= 0.6 is 11.3 Å². The first-order valence-electron chi connectivity index (χ1n) is 10.1. The fourth-order valence-electron chi connectivity index (χ4n) is 4.17. The number of hydrogen-bond donors (Lipinski definition) is 1. The molecule has 0 radical (unpaired) electrons. The zero-order chi connectivity index (χ0) is 21.6. The van der Waals surface area contributed by atoms with Gasteiger partial charge in [0.1, 0.15) is 4.90 Å². The predicted octanol–water partition coefficient (Wildman–Crippen LogP) is 4.19. The molecule has 1 aliphatic rings. The van der Waals surface area contributed by atoms with Crippen LogP contribution in [0, 0.1) is 34.6 Å². The summed E-state index contributed by atoms with van der Waals surface area (Å²) in [6.45, 7) is 12.3. The van der Waals surface area contributed by atoms with E-state index in [0.717, 1.165) is 21.0 Å². The molecule has 0 aliphatic carbocycles. The molecule has 1 N–H and O–H groups in total. The zero-order valence-electron chi connectivity index (χ0n) is 18.1. The van der Waals surface area contributed by atoms with Crippen LogP contribution in [0.3, 0.4) is 0 Å². The number of rotatable bonds is 4. The fourth-order valence-corrected chi connectivity index (χ4v) is 7.42. The Hall–Kier alpha value is -2.16. The van der Waals surface area contributed by atoms with Gasteiger partial charge in [-0.2, -0.15) is 9.40 Å². The summed E-state index contributed by atoms with van der Waals surface area (Å²) >= 11 is 1.52. The average Bonchev–Trinajstić information content (AvgIpc) is 3.26. The van der Waals surface area contributed by atoms with E-state index < -0.39 is 10.0 Å². The molecule has 0 unspecified atom stereocenters. The van der Waals surface area contributed by atoms with Gasteiger partial charge < -0.3 is 4.90 Å². The third kappa shape index (κ3) is 3.68. The van der Waals surface area contributed by atoms with Crippen LogP contribution in [0.2, 0.25) is 0 Å². The summed E-state index contributed by atoms with van der Waals surface area (Å²) in [6.07, 6.45) is 0. The number of sulfonamides is 1. The first kappa shape index (κ1) is 21.1. The quantitative estimate of drug-likeness (QED) is 0.655. The molecule has 1 aromatic carbocycles. The monoisotopic (exact) mass is 444 g/mol. The van der Waals surface area contributed by atoms with Gasteiger partial charge in [0.2, 0.25) is 10.0 Å². The van der Waals surface area contributed by atoms with Gasteiger partial charge in [0, 0.05) is 52.9 Å². The highest BCUT2D eigenvalue weighted by atomic mass is 32.2. The van der Waals surface area contributed by atoms with Crippen molar-refractivity contribution in [3.8, 4) is 11.3 Å². The first-order valence-corrected chi connectivity index (χ1v) is 12.4. The minimum Gasteiger partial charge on any atom is -0.369 e. The molecule has 0 spiro atoms. The van der Waals surface area contributed by atoms with Crippen molar-refractivity contribution in [3.05, 3.63) is 50.8 Å². The molecular formula is C22H28N4O2S2. The van der Waals surface area contributed by atoms with Crippen molar-refractivity contribution in [1.82, 2.24) is 14.5 Å². The summed E-state index contributed by atoms with van der Waals surface area (Å²) in [6, 6.07) is 8.33. The maximum absolute atomic E-state index is 13.7. The minimum atomic E-state index is -3.60. The van der Waals surface area contributed by atoms with E-state index in [4.69, 9.17) is 0 Å². The van der Waals surface area contributed by atoms with Crippen LogP contribution in [0.1, 0.15) is 26.6 Å². The second kappa shape index (κ2) is 7.83. The molecule has 4 rings (SSSR count). The largest absolute Gasteiger partial charge is 0.369 e. The van der Waals surface area contributed by atoms with E-state index in [-0.39, 0.29) is 0 Å². The first-order chi connectivity index (χ1) is 14.2. The Kier molecular flexibility index (Phi) is 5.50. The van der Waals surface area contributed by atoms with Gasteiger partial charge in [-0.1, -0.05) is 12.1 Å². The van der Waals surface area contributed by atoms with Crippen molar-refractivity contribution in [2.24, 2.45) is 0 Å². The lowest BCUT2D eigenvalue weighted by atomic mass is 10.1. The van der Waals surface area contributed by atoms with E-state index in [1.165, 1.54) is 28.2 Å². The molecule has 0 bridgehead atoms. The molecule has 8 heteroatoms. The zero-order valence-corrected chi connectivity index (χ0v) is 19.7. The highest BCUT2D eigenvalue weighted by Crippen LogP contribution is 2.40. The number of H-pyrrole nitrogens is 1. The lowest BCUT2D eigenvalue weighted by Crippen LogP contribution is -2.49. The van der Waals surface area contributed by atoms with Crippen molar-refractivity contribution in [2.45, 2.75) is 39.5 Å². The maximum atomic E-state index is 13.7. The lowest BCUT2D eigenvalue weighted by Gasteiger charge is -2.36. The van der Waals surface area contributed by atoms with Gasteiger partial charge in [0.25, 0.3) is 0 Å². The Morgan fingerprint density at radius 2 is 1.67 bits per heavy atom. The number of hydrogen-bond acceptors (Lipinski definition) is 5. The second-order valence-corrected chi connectivity index (χ2v) is 11.3. The third-order valence-corrected chi connectivity index (χ3v) is 8.93. The molecule has 3 aromatic rings. The molecule has 3 heterocycles. The number of aromatic amines is 1. The van der Waals surface area contributed by atoms with Crippen LogP contribution in [0.5, 0.6) is 0 Å². The smallest absolute Gasteiger partial charge is 0.244 e. The molecule has 1 aliphatic heterocycles. The van der Waals surface area contributed by atoms with Crippen molar-refractivity contribution in [1.29, 1.82) is 0 Å². The van der Waals surface area contributed by atoms with Crippen LogP contribution in [0.25, 0.3) is 11.3 Å². The normalized spacial score (nSPS) is 15.7. The van der Waals surface area contributed by atoms with Crippen molar-refractivity contribution >= 4 is 27.0 Å². The summed E-state index contributed by atoms with van der Waals surface area (Å²) < 4.78 is 29.0. The number of anilines is 1. The molecule has 30 heavy (non-hydrogen) atoms. The van der Waals surface area contributed by atoms with Crippen LogP contribution in [-0.2, 0) is 10.0 Å². The summed E-state index contributed by atoms with van der Waals surface area (Å²) in [5.74, 6) is 0. The van der Waals surface area contributed by atoms with Crippen LogP contribution in [0.15, 0.2) is 29.2 Å². The number of nitrogens with zero attached hydrogens (tertiary/aromatic N) is 3. The van der Waals surface area contributed by atoms with E-state index in [0.29, 0.717) is 36.8 Å². The van der Waals surface area contributed by atoms with E-state index >= 15 is 0 Å². The number of nitrogens with one attached hydrogen (secondary N) is 1. The Bertz CT molecular complexity index is 1190. The third-order valence-electron chi connectivity index (χ3n) is 5.71. The predicted molar refractivity (Wildman–Crippen MR) is 123 cm³/mol. The highest BCUT2D eigenvalue weighted by molar-refractivity contribution is 7.89. The number of aryl methyl sites for hydroxylation is 5. The number of piperazine rings is 1.